The van der Waals surface area contributed by atoms with Gasteiger partial charge in [0, 0.05) is 18.8 Å². The number of rotatable bonds is 4. The minimum absolute atomic E-state index is 0.167. The van der Waals surface area contributed by atoms with E-state index in [1.807, 2.05) is 18.3 Å². The maximum Gasteiger partial charge on any atom is 0.0572 e. The first-order chi connectivity index (χ1) is 8.71. The van der Waals surface area contributed by atoms with Gasteiger partial charge in [-0.1, -0.05) is 13.0 Å². The van der Waals surface area contributed by atoms with Crippen LogP contribution in [0.3, 0.4) is 0 Å². The van der Waals surface area contributed by atoms with Gasteiger partial charge in [0.1, 0.15) is 0 Å². The fourth-order valence-electron chi connectivity index (χ4n) is 2.82. The van der Waals surface area contributed by atoms with Crippen LogP contribution in [0.1, 0.15) is 44.8 Å². The summed E-state index contributed by atoms with van der Waals surface area (Å²) in [5.41, 5.74) is 1.31. The van der Waals surface area contributed by atoms with Crippen molar-refractivity contribution in [3.63, 3.8) is 0 Å². The van der Waals surface area contributed by atoms with E-state index < -0.39 is 0 Å². The number of aliphatic hydroxyl groups is 1. The van der Waals surface area contributed by atoms with Crippen molar-refractivity contribution in [3.05, 3.63) is 30.1 Å². The highest BCUT2D eigenvalue weighted by atomic mass is 16.3. The molecule has 0 aromatic carbocycles. The maximum absolute atomic E-state index is 9.55. The zero-order chi connectivity index (χ0) is 13.0. The Kier molecular flexibility index (Phi) is 4.36. The van der Waals surface area contributed by atoms with Crippen molar-refractivity contribution in [1.29, 1.82) is 0 Å². The Bertz CT molecular complexity index is 352. The van der Waals surface area contributed by atoms with E-state index >= 15 is 0 Å². The summed E-state index contributed by atoms with van der Waals surface area (Å²) < 4.78 is 0. The highest BCUT2D eigenvalue weighted by molar-refractivity contribution is 5.08. The standard InChI is InChI=1S/C15H24N2O/c1-3-15(12-18)7-10-17(11-8-15)13(2)14-6-4-5-9-16-14/h4-6,9,13,18H,3,7-8,10-12H2,1-2H3. The van der Waals surface area contributed by atoms with Gasteiger partial charge in [-0.2, -0.15) is 0 Å². The van der Waals surface area contributed by atoms with E-state index in [0.29, 0.717) is 12.6 Å². The van der Waals surface area contributed by atoms with E-state index in [1.165, 1.54) is 0 Å². The lowest BCUT2D eigenvalue weighted by Crippen LogP contribution is -2.42. The molecule has 0 aliphatic carbocycles. The monoisotopic (exact) mass is 248 g/mol. The molecular weight excluding hydrogens is 224 g/mol. The molecule has 2 heterocycles. The summed E-state index contributed by atoms with van der Waals surface area (Å²) in [5, 5.41) is 9.55. The quantitative estimate of drug-likeness (QED) is 0.890. The van der Waals surface area contributed by atoms with Gasteiger partial charge in [0.05, 0.1) is 5.69 Å². The first-order valence-corrected chi connectivity index (χ1v) is 6.96. The predicted molar refractivity (Wildman–Crippen MR) is 73.3 cm³/mol. The summed E-state index contributed by atoms with van der Waals surface area (Å²) in [6, 6.07) is 6.48. The molecule has 1 aromatic heterocycles. The van der Waals surface area contributed by atoms with Gasteiger partial charge in [0.25, 0.3) is 0 Å². The number of aromatic nitrogens is 1. The van der Waals surface area contributed by atoms with Gasteiger partial charge in [-0.25, -0.2) is 0 Å². The summed E-state index contributed by atoms with van der Waals surface area (Å²) in [7, 11) is 0. The summed E-state index contributed by atoms with van der Waals surface area (Å²) in [6.45, 7) is 6.86. The number of likely N-dealkylation sites (tertiary alicyclic amines) is 1. The molecule has 100 valence electrons. The van der Waals surface area contributed by atoms with Crippen LogP contribution in [0, 0.1) is 5.41 Å². The number of hydrogen-bond acceptors (Lipinski definition) is 3. The SMILES string of the molecule is CCC1(CO)CCN(C(C)c2ccccn2)CC1. The lowest BCUT2D eigenvalue weighted by molar-refractivity contribution is 0.0264. The van der Waals surface area contributed by atoms with Gasteiger partial charge in [-0.05, 0) is 56.8 Å². The second-order valence-electron chi connectivity index (χ2n) is 5.48. The van der Waals surface area contributed by atoms with E-state index in [1.54, 1.807) is 0 Å². The number of pyridine rings is 1. The average Bonchev–Trinajstić information content (AvgIpc) is 2.47. The minimum Gasteiger partial charge on any atom is -0.396 e. The highest BCUT2D eigenvalue weighted by Gasteiger charge is 2.34. The molecule has 3 heteroatoms. The minimum atomic E-state index is 0.167. The largest absolute Gasteiger partial charge is 0.396 e. The van der Waals surface area contributed by atoms with Crippen molar-refractivity contribution in [2.24, 2.45) is 5.41 Å². The second-order valence-corrected chi connectivity index (χ2v) is 5.48. The Balaban J connectivity index is 1.98. The van der Waals surface area contributed by atoms with Gasteiger partial charge < -0.3 is 5.11 Å². The molecule has 1 aromatic rings. The van der Waals surface area contributed by atoms with Gasteiger partial charge in [0.2, 0.25) is 0 Å². The highest BCUT2D eigenvalue weighted by Crippen LogP contribution is 2.36. The van der Waals surface area contributed by atoms with Crippen LogP contribution < -0.4 is 0 Å². The van der Waals surface area contributed by atoms with E-state index in [4.69, 9.17) is 0 Å². The van der Waals surface area contributed by atoms with Crippen LogP contribution in [0.4, 0.5) is 0 Å². The van der Waals surface area contributed by atoms with Crippen molar-refractivity contribution in [2.45, 2.75) is 39.2 Å². The first kappa shape index (κ1) is 13.5. The average molecular weight is 248 g/mol. The number of aliphatic hydroxyl groups excluding tert-OH is 1. The van der Waals surface area contributed by atoms with Gasteiger partial charge in [0.15, 0.2) is 0 Å². The zero-order valence-corrected chi connectivity index (χ0v) is 11.5. The molecule has 1 fully saturated rings. The van der Waals surface area contributed by atoms with Crippen molar-refractivity contribution in [1.82, 2.24) is 9.88 Å². The lowest BCUT2D eigenvalue weighted by Gasteiger charge is -2.42. The van der Waals surface area contributed by atoms with Crippen LogP contribution in [-0.2, 0) is 0 Å². The summed E-state index contributed by atoms with van der Waals surface area (Å²) in [4.78, 5) is 6.92. The van der Waals surface area contributed by atoms with Crippen molar-refractivity contribution in [3.8, 4) is 0 Å². The van der Waals surface area contributed by atoms with Crippen molar-refractivity contribution in [2.75, 3.05) is 19.7 Å². The van der Waals surface area contributed by atoms with E-state index in [9.17, 15) is 5.11 Å². The van der Waals surface area contributed by atoms with Crippen LogP contribution in [-0.4, -0.2) is 34.7 Å². The van der Waals surface area contributed by atoms with Crippen LogP contribution in [0.2, 0.25) is 0 Å². The Labute approximate surface area is 110 Å². The van der Waals surface area contributed by atoms with Crippen LogP contribution in [0.25, 0.3) is 0 Å². The summed E-state index contributed by atoms with van der Waals surface area (Å²) in [5.74, 6) is 0. The van der Waals surface area contributed by atoms with Gasteiger partial charge >= 0.3 is 0 Å². The zero-order valence-electron chi connectivity index (χ0n) is 11.5. The third kappa shape index (κ3) is 2.73. The Morgan fingerprint density at radius 2 is 2.11 bits per heavy atom. The predicted octanol–water partition coefficient (Wildman–Crippen LogP) is 2.63. The topological polar surface area (TPSA) is 36.4 Å². The molecule has 0 amide bonds. The van der Waals surface area contributed by atoms with Crippen molar-refractivity contribution < 1.29 is 5.11 Å². The summed E-state index contributed by atoms with van der Waals surface area (Å²) >= 11 is 0. The molecule has 1 aliphatic rings. The molecule has 0 spiro atoms. The van der Waals surface area contributed by atoms with E-state index in [-0.39, 0.29) is 5.41 Å². The Morgan fingerprint density at radius 1 is 1.39 bits per heavy atom. The third-order valence-electron chi connectivity index (χ3n) is 4.61. The fraction of sp³-hybridized carbons (Fsp3) is 0.667. The molecule has 1 aliphatic heterocycles. The molecule has 0 bridgehead atoms. The Morgan fingerprint density at radius 3 is 2.61 bits per heavy atom. The van der Waals surface area contributed by atoms with E-state index in [0.717, 1.165) is 38.0 Å². The molecular formula is C15H24N2O. The molecule has 1 atom stereocenters. The lowest BCUT2D eigenvalue weighted by atomic mass is 9.76. The number of piperidine rings is 1. The second kappa shape index (κ2) is 5.81. The summed E-state index contributed by atoms with van der Waals surface area (Å²) in [6.07, 6.45) is 5.13. The molecule has 1 unspecified atom stereocenters. The molecule has 2 rings (SSSR count). The molecule has 3 nitrogen and oxygen atoms in total. The normalized spacial score (nSPS) is 21.7. The number of hydrogen-bond donors (Lipinski definition) is 1. The fourth-order valence-corrected chi connectivity index (χ4v) is 2.82. The number of nitrogens with zero attached hydrogens (tertiary/aromatic N) is 2. The molecule has 18 heavy (non-hydrogen) atoms. The molecule has 0 radical (unpaired) electrons. The van der Waals surface area contributed by atoms with Crippen LogP contribution >= 0.6 is 0 Å². The molecule has 0 saturated carbocycles. The smallest absolute Gasteiger partial charge is 0.0572 e. The molecule has 1 N–H and O–H groups in total. The van der Waals surface area contributed by atoms with E-state index in [2.05, 4.69) is 29.8 Å². The van der Waals surface area contributed by atoms with Crippen LogP contribution in [0.5, 0.6) is 0 Å². The molecule has 1 saturated heterocycles. The van der Waals surface area contributed by atoms with Gasteiger partial charge in [-0.3, -0.25) is 9.88 Å². The first-order valence-electron chi connectivity index (χ1n) is 6.96. The third-order valence-corrected chi connectivity index (χ3v) is 4.61. The van der Waals surface area contributed by atoms with Gasteiger partial charge in [-0.15, -0.1) is 0 Å². The van der Waals surface area contributed by atoms with Crippen molar-refractivity contribution >= 4 is 0 Å². The Hall–Kier alpha value is -0.930. The van der Waals surface area contributed by atoms with Crippen LogP contribution in [0.15, 0.2) is 24.4 Å². The maximum atomic E-state index is 9.55.